The van der Waals surface area contributed by atoms with E-state index in [4.69, 9.17) is 14.2 Å². The van der Waals surface area contributed by atoms with E-state index in [0.29, 0.717) is 25.9 Å². The van der Waals surface area contributed by atoms with Gasteiger partial charge in [0, 0.05) is 19.4 Å². The number of hydrogen-bond acceptors (Lipinski definition) is 5. The molecule has 0 aliphatic carbocycles. The van der Waals surface area contributed by atoms with Crippen molar-refractivity contribution in [2.75, 3.05) is 19.8 Å². The Labute approximate surface area is 360 Å². The average Bonchev–Trinajstić information content (AvgIpc) is 3.22. The molecule has 0 bridgehead atoms. The minimum absolute atomic E-state index is 0.0539. The maximum Gasteiger partial charge on any atom is 0.306 e. The minimum atomic E-state index is -0.574. The van der Waals surface area contributed by atoms with Gasteiger partial charge < -0.3 is 14.2 Å². The van der Waals surface area contributed by atoms with Crippen molar-refractivity contribution in [1.82, 2.24) is 0 Å². The fraction of sp³-hybridized carbons (Fsp3) is 0.774. The molecule has 0 heterocycles. The van der Waals surface area contributed by atoms with Crippen LogP contribution in [0.3, 0.4) is 0 Å². The molecule has 0 aromatic heterocycles. The van der Waals surface area contributed by atoms with Gasteiger partial charge in [-0.05, 0) is 70.6 Å². The highest BCUT2D eigenvalue weighted by atomic mass is 16.6. The standard InChI is InChI=1S/C53H94O5/c1-4-7-10-13-16-19-22-25-27-29-31-34-37-40-43-46-52(54)57-50-51(49-56-48-45-42-39-36-33-30-26-23-20-17-14-11-8-5-2)58-53(55)47-44-41-38-35-32-28-24-21-18-15-12-9-6-3/h9,12,18,21,25,27-28,32,38,41,51H,4-8,10-11,13-17,19-20,22-24,26,29-31,33-37,39-40,42-50H2,1-3H3/b12-9-,21-18-,27-25-,32-28-,41-38-. The molecule has 0 N–H and O–H groups in total. The monoisotopic (exact) mass is 811 g/mol. The van der Waals surface area contributed by atoms with Gasteiger partial charge in [0.15, 0.2) is 6.10 Å². The maximum absolute atomic E-state index is 12.7. The third kappa shape index (κ3) is 46.3. The summed E-state index contributed by atoms with van der Waals surface area (Å²) in [6.45, 7) is 7.64. The fourth-order valence-electron chi connectivity index (χ4n) is 6.87. The van der Waals surface area contributed by atoms with Gasteiger partial charge in [-0.1, -0.05) is 216 Å². The molecule has 0 aliphatic rings. The van der Waals surface area contributed by atoms with Crippen molar-refractivity contribution in [2.24, 2.45) is 0 Å². The second-order valence-corrected chi connectivity index (χ2v) is 16.3. The molecule has 0 saturated carbocycles. The normalized spacial score (nSPS) is 12.7. The highest BCUT2D eigenvalue weighted by Gasteiger charge is 2.17. The summed E-state index contributed by atoms with van der Waals surface area (Å²) in [6, 6.07) is 0. The number of ether oxygens (including phenoxy) is 3. The summed E-state index contributed by atoms with van der Waals surface area (Å²) < 4.78 is 17.3. The lowest BCUT2D eigenvalue weighted by Gasteiger charge is -2.18. The molecule has 0 aromatic carbocycles. The molecule has 336 valence electrons. The van der Waals surface area contributed by atoms with Gasteiger partial charge in [-0.2, -0.15) is 0 Å². The molecule has 58 heavy (non-hydrogen) atoms. The van der Waals surface area contributed by atoms with Crippen molar-refractivity contribution in [2.45, 2.75) is 245 Å². The van der Waals surface area contributed by atoms with Crippen LogP contribution in [-0.4, -0.2) is 37.9 Å². The van der Waals surface area contributed by atoms with Crippen molar-refractivity contribution in [1.29, 1.82) is 0 Å². The van der Waals surface area contributed by atoms with Crippen LogP contribution in [0.25, 0.3) is 0 Å². The van der Waals surface area contributed by atoms with Crippen molar-refractivity contribution in [3.8, 4) is 0 Å². The molecule has 1 atom stereocenters. The topological polar surface area (TPSA) is 61.8 Å². The lowest BCUT2D eigenvalue weighted by Crippen LogP contribution is -2.30. The van der Waals surface area contributed by atoms with Gasteiger partial charge in [0.2, 0.25) is 0 Å². The third-order valence-electron chi connectivity index (χ3n) is 10.6. The summed E-state index contributed by atoms with van der Waals surface area (Å²) in [7, 11) is 0. The first-order chi connectivity index (χ1) is 28.6. The molecule has 0 amide bonds. The second kappa shape index (κ2) is 49.0. The molecule has 0 fully saturated rings. The molecule has 5 nitrogen and oxygen atoms in total. The zero-order valence-corrected chi connectivity index (χ0v) is 38.6. The molecule has 0 spiro atoms. The van der Waals surface area contributed by atoms with Crippen LogP contribution in [0, 0.1) is 0 Å². The number of carbonyl (C=O) groups excluding carboxylic acids is 2. The lowest BCUT2D eigenvalue weighted by molar-refractivity contribution is -0.162. The maximum atomic E-state index is 12.7. The summed E-state index contributed by atoms with van der Waals surface area (Å²) in [5.41, 5.74) is 0. The molecule has 0 rings (SSSR count). The Kier molecular flexibility index (Phi) is 46.9. The van der Waals surface area contributed by atoms with E-state index in [1.54, 1.807) is 0 Å². The first-order valence-electron chi connectivity index (χ1n) is 24.8. The summed E-state index contributed by atoms with van der Waals surface area (Å²) in [5, 5.41) is 0. The number of allylic oxidation sites excluding steroid dienone is 10. The van der Waals surface area contributed by atoms with Gasteiger partial charge in [0.05, 0.1) is 6.61 Å². The summed E-state index contributed by atoms with van der Waals surface area (Å²) in [4.78, 5) is 25.3. The number of esters is 2. The molecule has 0 aromatic rings. The van der Waals surface area contributed by atoms with Gasteiger partial charge >= 0.3 is 11.9 Å². The highest BCUT2D eigenvalue weighted by molar-refractivity contribution is 5.70. The number of carbonyl (C=O) groups is 2. The van der Waals surface area contributed by atoms with Crippen molar-refractivity contribution >= 4 is 11.9 Å². The average molecular weight is 811 g/mol. The molecule has 0 radical (unpaired) electrons. The van der Waals surface area contributed by atoms with Gasteiger partial charge in [-0.3, -0.25) is 9.59 Å². The zero-order valence-electron chi connectivity index (χ0n) is 38.6. The van der Waals surface area contributed by atoms with Crippen LogP contribution < -0.4 is 0 Å². The zero-order chi connectivity index (χ0) is 42.1. The number of hydrogen-bond donors (Lipinski definition) is 0. The van der Waals surface area contributed by atoms with E-state index in [0.717, 1.165) is 64.2 Å². The smallest absolute Gasteiger partial charge is 0.306 e. The Morgan fingerprint density at radius 3 is 1.31 bits per heavy atom. The SMILES string of the molecule is CC/C=C\C/C=C\C/C=C\C/C=C\CCC(=O)OC(COCCCCCCCCCCCCCCCC)COC(=O)CCCCCCC/C=C\CCCCCCCC. The Bertz CT molecular complexity index is 1010. The van der Waals surface area contributed by atoms with Crippen molar-refractivity contribution in [3.63, 3.8) is 0 Å². The molecule has 0 aliphatic heterocycles. The molecule has 5 heteroatoms. The van der Waals surface area contributed by atoms with E-state index in [-0.39, 0.29) is 25.2 Å². The van der Waals surface area contributed by atoms with Gasteiger partial charge in [-0.25, -0.2) is 0 Å². The Hall–Kier alpha value is -2.40. The van der Waals surface area contributed by atoms with Crippen LogP contribution in [-0.2, 0) is 23.8 Å². The first kappa shape index (κ1) is 55.6. The molecular weight excluding hydrogens is 717 g/mol. The predicted octanol–water partition coefficient (Wildman–Crippen LogP) is 16.6. The van der Waals surface area contributed by atoms with E-state index < -0.39 is 6.10 Å². The Morgan fingerprint density at radius 2 is 0.810 bits per heavy atom. The van der Waals surface area contributed by atoms with E-state index in [1.165, 1.54) is 135 Å². The quantitative estimate of drug-likeness (QED) is 0.0348. The van der Waals surface area contributed by atoms with Crippen LogP contribution in [0.5, 0.6) is 0 Å². The predicted molar refractivity (Wildman–Crippen MR) is 251 cm³/mol. The van der Waals surface area contributed by atoms with Crippen LogP contribution in [0.1, 0.15) is 239 Å². The van der Waals surface area contributed by atoms with Crippen LogP contribution in [0.2, 0.25) is 0 Å². The van der Waals surface area contributed by atoms with Crippen molar-refractivity contribution in [3.05, 3.63) is 60.8 Å². The van der Waals surface area contributed by atoms with E-state index in [2.05, 4.69) is 75.5 Å². The van der Waals surface area contributed by atoms with Crippen LogP contribution in [0.15, 0.2) is 60.8 Å². The highest BCUT2D eigenvalue weighted by Crippen LogP contribution is 2.14. The molecule has 0 saturated heterocycles. The summed E-state index contributed by atoms with van der Waals surface area (Å²) in [6.07, 6.45) is 60.9. The molecule has 1 unspecified atom stereocenters. The molecular formula is C53H94O5. The number of unbranched alkanes of at least 4 members (excludes halogenated alkanes) is 24. The minimum Gasteiger partial charge on any atom is -0.462 e. The van der Waals surface area contributed by atoms with Crippen LogP contribution >= 0.6 is 0 Å². The third-order valence-corrected chi connectivity index (χ3v) is 10.6. The lowest BCUT2D eigenvalue weighted by atomic mass is 10.0. The second-order valence-electron chi connectivity index (χ2n) is 16.3. The first-order valence-corrected chi connectivity index (χ1v) is 24.8. The van der Waals surface area contributed by atoms with E-state index in [1.807, 2.05) is 6.08 Å². The summed E-state index contributed by atoms with van der Waals surface area (Å²) >= 11 is 0. The number of rotatable bonds is 45. The van der Waals surface area contributed by atoms with Crippen LogP contribution in [0.4, 0.5) is 0 Å². The van der Waals surface area contributed by atoms with Gasteiger partial charge in [0.25, 0.3) is 0 Å². The van der Waals surface area contributed by atoms with Crippen molar-refractivity contribution < 1.29 is 23.8 Å². The van der Waals surface area contributed by atoms with Gasteiger partial charge in [0.1, 0.15) is 6.61 Å². The summed E-state index contributed by atoms with van der Waals surface area (Å²) in [5.74, 6) is -0.494. The Morgan fingerprint density at radius 1 is 0.397 bits per heavy atom. The van der Waals surface area contributed by atoms with E-state index in [9.17, 15) is 9.59 Å². The van der Waals surface area contributed by atoms with Gasteiger partial charge in [-0.15, -0.1) is 0 Å². The Balaban J connectivity index is 4.34. The largest absolute Gasteiger partial charge is 0.462 e. The fourth-order valence-corrected chi connectivity index (χ4v) is 6.87. The van der Waals surface area contributed by atoms with E-state index >= 15 is 0 Å².